The van der Waals surface area contributed by atoms with Gasteiger partial charge in [-0.1, -0.05) is 13.8 Å². The molecule has 3 heteroatoms. The number of hydrogen-bond acceptors (Lipinski definition) is 2. The minimum absolute atomic E-state index is 0.0689. The van der Waals surface area contributed by atoms with Crippen LogP contribution in [-0.2, 0) is 4.79 Å². The van der Waals surface area contributed by atoms with Crippen molar-refractivity contribution in [1.29, 1.82) is 0 Å². The van der Waals surface area contributed by atoms with Gasteiger partial charge in [0, 0.05) is 19.0 Å². The van der Waals surface area contributed by atoms with E-state index in [9.17, 15) is 4.79 Å². The van der Waals surface area contributed by atoms with Crippen LogP contribution in [0.1, 0.15) is 26.7 Å². The van der Waals surface area contributed by atoms with E-state index in [0.717, 1.165) is 19.5 Å². The zero-order valence-corrected chi connectivity index (χ0v) is 9.12. The number of likely N-dealkylation sites (tertiary alicyclic amines) is 1. The van der Waals surface area contributed by atoms with E-state index < -0.39 is 0 Å². The van der Waals surface area contributed by atoms with Crippen LogP contribution in [0, 0.1) is 17.3 Å². The predicted molar refractivity (Wildman–Crippen MR) is 55.6 cm³/mol. The molecule has 2 aliphatic rings. The van der Waals surface area contributed by atoms with Crippen molar-refractivity contribution < 1.29 is 4.79 Å². The van der Waals surface area contributed by atoms with Crippen LogP contribution in [0.4, 0.5) is 0 Å². The van der Waals surface area contributed by atoms with Gasteiger partial charge >= 0.3 is 0 Å². The minimum Gasteiger partial charge on any atom is -0.342 e. The van der Waals surface area contributed by atoms with Crippen LogP contribution in [0.25, 0.3) is 0 Å². The van der Waals surface area contributed by atoms with Gasteiger partial charge in [0.2, 0.25) is 5.91 Å². The molecule has 1 aliphatic carbocycles. The van der Waals surface area contributed by atoms with Gasteiger partial charge in [-0.15, -0.1) is 0 Å². The summed E-state index contributed by atoms with van der Waals surface area (Å²) in [6.07, 6.45) is 2.36. The van der Waals surface area contributed by atoms with Crippen molar-refractivity contribution in [1.82, 2.24) is 4.90 Å². The fourth-order valence-corrected chi connectivity index (χ4v) is 2.44. The second-order valence-electron chi connectivity index (χ2n) is 5.53. The summed E-state index contributed by atoms with van der Waals surface area (Å²) in [6, 6.07) is 0. The first-order valence-corrected chi connectivity index (χ1v) is 5.52. The van der Waals surface area contributed by atoms with E-state index in [2.05, 4.69) is 13.8 Å². The van der Waals surface area contributed by atoms with Crippen LogP contribution < -0.4 is 5.73 Å². The van der Waals surface area contributed by atoms with E-state index in [1.54, 1.807) is 0 Å². The molecule has 1 amide bonds. The molecule has 0 spiro atoms. The maximum absolute atomic E-state index is 11.8. The molecule has 3 nitrogen and oxygen atoms in total. The number of carbonyl (C=O) groups is 1. The van der Waals surface area contributed by atoms with Crippen molar-refractivity contribution in [2.45, 2.75) is 26.7 Å². The number of nitrogens with zero attached hydrogens (tertiary/aromatic N) is 1. The highest BCUT2D eigenvalue weighted by Gasteiger charge is 2.46. The lowest BCUT2D eigenvalue weighted by molar-refractivity contribution is -0.133. The quantitative estimate of drug-likeness (QED) is 0.727. The summed E-state index contributed by atoms with van der Waals surface area (Å²) in [5, 5.41) is 0. The van der Waals surface area contributed by atoms with Crippen LogP contribution in [-0.4, -0.2) is 30.4 Å². The second-order valence-corrected chi connectivity index (χ2v) is 5.53. The molecule has 0 bridgehead atoms. The zero-order valence-electron chi connectivity index (χ0n) is 9.12. The Morgan fingerprint density at radius 1 is 1.50 bits per heavy atom. The van der Waals surface area contributed by atoms with Crippen molar-refractivity contribution in [2.75, 3.05) is 19.6 Å². The van der Waals surface area contributed by atoms with Crippen LogP contribution in [0.15, 0.2) is 0 Å². The number of amides is 1. The van der Waals surface area contributed by atoms with Crippen molar-refractivity contribution >= 4 is 5.91 Å². The van der Waals surface area contributed by atoms with Crippen LogP contribution >= 0.6 is 0 Å². The summed E-state index contributed by atoms with van der Waals surface area (Å²) >= 11 is 0. The smallest absolute Gasteiger partial charge is 0.226 e. The Bertz CT molecular complexity index is 250. The Morgan fingerprint density at radius 3 is 2.57 bits per heavy atom. The Balaban J connectivity index is 1.96. The van der Waals surface area contributed by atoms with Crippen LogP contribution in [0.5, 0.6) is 0 Å². The van der Waals surface area contributed by atoms with Gasteiger partial charge < -0.3 is 10.6 Å². The molecular weight excluding hydrogens is 176 g/mol. The summed E-state index contributed by atoms with van der Waals surface area (Å²) < 4.78 is 0. The van der Waals surface area contributed by atoms with E-state index in [-0.39, 0.29) is 5.41 Å². The molecular formula is C11H20N2O. The molecule has 1 heterocycles. The standard InChI is InChI=1S/C11H20N2O/c1-11(2,6-12)7-13-5-8-3-4-9(8)10(13)14/h8-9H,3-7,12H2,1-2H3. The molecule has 1 aliphatic heterocycles. The van der Waals surface area contributed by atoms with E-state index in [0.29, 0.717) is 24.3 Å². The fourth-order valence-electron chi connectivity index (χ4n) is 2.44. The first-order chi connectivity index (χ1) is 6.53. The maximum atomic E-state index is 11.8. The average Bonchev–Trinajstić information content (AvgIpc) is 2.27. The maximum Gasteiger partial charge on any atom is 0.226 e. The Hall–Kier alpha value is -0.570. The fraction of sp³-hybridized carbons (Fsp3) is 0.909. The Kier molecular flexibility index (Phi) is 2.30. The molecule has 1 saturated carbocycles. The number of carbonyl (C=O) groups excluding carboxylic acids is 1. The van der Waals surface area contributed by atoms with Gasteiger partial charge in [-0.2, -0.15) is 0 Å². The third-order valence-electron chi connectivity index (χ3n) is 3.67. The lowest BCUT2D eigenvalue weighted by Crippen LogP contribution is -2.40. The highest BCUT2D eigenvalue weighted by Crippen LogP contribution is 2.42. The Labute approximate surface area is 85.6 Å². The zero-order chi connectivity index (χ0) is 10.3. The molecule has 14 heavy (non-hydrogen) atoms. The van der Waals surface area contributed by atoms with Crippen LogP contribution in [0.3, 0.4) is 0 Å². The summed E-state index contributed by atoms with van der Waals surface area (Å²) in [7, 11) is 0. The lowest BCUT2D eigenvalue weighted by atomic mass is 9.76. The van der Waals surface area contributed by atoms with Gasteiger partial charge in [-0.3, -0.25) is 4.79 Å². The van der Waals surface area contributed by atoms with Gasteiger partial charge in [-0.05, 0) is 30.7 Å². The third-order valence-corrected chi connectivity index (χ3v) is 3.67. The van der Waals surface area contributed by atoms with Crippen molar-refractivity contribution in [3.8, 4) is 0 Å². The lowest BCUT2D eigenvalue weighted by Gasteiger charge is -2.28. The summed E-state index contributed by atoms with van der Waals surface area (Å²) in [5.74, 6) is 1.41. The highest BCUT2D eigenvalue weighted by atomic mass is 16.2. The first-order valence-electron chi connectivity index (χ1n) is 5.52. The Morgan fingerprint density at radius 2 is 2.21 bits per heavy atom. The average molecular weight is 196 g/mol. The highest BCUT2D eigenvalue weighted by molar-refractivity contribution is 5.82. The molecule has 0 aromatic heterocycles. The molecule has 2 unspecified atom stereocenters. The molecule has 80 valence electrons. The van der Waals surface area contributed by atoms with E-state index in [4.69, 9.17) is 5.73 Å². The SMILES string of the molecule is CC(C)(CN)CN1CC2CCC2C1=O. The molecule has 2 rings (SSSR count). The normalized spacial score (nSPS) is 31.6. The number of nitrogens with two attached hydrogens (primary N) is 1. The van der Waals surface area contributed by atoms with Gasteiger partial charge in [0.1, 0.15) is 0 Å². The predicted octanol–water partition coefficient (Wildman–Crippen LogP) is 0.840. The van der Waals surface area contributed by atoms with Gasteiger partial charge in [0.25, 0.3) is 0 Å². The summed E-state index contributed by atoms with van der Waals surface area (Å²) in [4.78, 5) is 13.9. The van der Waals surface area contributed by atoms with E-state index in [1.165, 1.54) is 6.42 Å². The molecule has 2 N–H and O–H groups in total. The van der Waals surface area contributed by atoms with Crippen molar-refractivity contribution in [3.63, 3.8) is 0 Å². The summed E-state index contributed by atoms with van der Waals surface area (Å²) in [5.41, 5.74) is 5.75. The van der Waals surface area contributed by atoms with Crippen molar-refractivity contribution in [3.05, 3.63) is 0 Å². The van der Waals surface area contributed by atoms with E-state index in [1.807, 2.05) is 4.90 Å². The molecule has 0 radical (unpaired) electrons. The van der Waals surface area contributed by atoms with Gasteiger partial charge in [0.15, 0.2) is 0 Å². The van der Waals surface area contributed by atoms with Crippen LogP contribution in [0.2, 0.25) is 0 Å². The largest absolute Gasteiger partial charge is 0.342 e. The number of fused-ring (bicyclic) bond motifs is 1. The molecule has 2 atom stereocenters. The molecule has 2 fully saturated rings. The summed E-state index contributed by atoms with van der Waals surface area (Å²) in [6.45, 7) is 6.70. The van der Waals surface area contributed by atoms with Crippen molar-refractivity contribution in [2.24, 2.45) is 23.0 Å². The number of rotatable bonds is 3. The number of hydrogen-bond donors (Lipinski definition) is 1. The van der Waals surface area contributed by atoms with Gasteiger partial charge in [0.05, 0.1) is 0 Å². The third kappa shape index (κ3) is 1.54. The molecule has 0 aromatic rings. The van der Waals surface area contributed by atoms with E-state index >= 15 is 0 Å². The topological polar surface area (TPSA) is 46.3 Å². The monoisotopic (exact) mass is 196 g/mol. The molecule has 1 saturated heterocycles. The first kappa shape index (κ1) is 9.97. The molecule has 0 aromatic carbocycles. The minimum atomic E-state index is 0.0689. The van der Waals surface area contributed by atoms with Gasteiger partial charge in [-0.25, -0.2) is 0 Å². The second kappa shape index (κ2) is 3.23.